The molecular weight excluding hydrogens is 424 g/mol. The maximum absolute atomic E-state index is 12.9. The Bertz CT molecular complexity index is 1300. The number of aliphatic hydroxyl groups is 1. The zero-order chi connectivity index (χ0) is 23.0. The SMILES string of the molecule is CC(=O)c1cccc(C2C[C@H](O)c3cc(S(=O)(=O)Nc4ccc(C)c(C)c4)ccc3N2)c1. The van der Waals surface area contributed by atoms with Crippen LogP contribution in [0.2, 0.25) is 0 Å². The molecule has 0 aromatic heterocycles. The van der Waals surface area contributed by atoms with Crippen LogP contribution in [0.4, 0.5) is 11.4 Å². The number of aliphatic hydroxyl groups excluding tert-OH is 1. The van der Waals surface area contributed by atoms with Gasteiger partial charge < -0.3 is 10.4 Å². The van der Waals surface area contributed by atoms with Crippen molar-refractivity contribution < 1.29 is 18.3 Å². The second-order valence-electron chi connectivity index (χ2n) is 8.28. The Labute approximate surface area is 188 Å². The van der Waals surface area contributed by atoms with E-state index >= 15 is 0 Å². The van der Waals surface area contributed by atoms with Gasteiger partial charge in [-0.25, -0.2) is 8.42 Å². The number of hydrogen-bond donors (Lipinski definition) is 3. The average molecular weight is 451 g/mol. The third-order valence-corrected chi connectivity index (χ3v) is 7.31. The van der Waals surface area contributed by atoms with Crippen LogP contribution in [0.3, 0.4) is 0 Å². The molecule has 6 nitrogen and oxygen atoms in total. The molecule has 0 spiro atoms. The van der Waals surface area contributed by atoms with Gasteiger partial charge in [0.15, 0.2) is 5.78 Å². The van der Waals surface area contributed by atoms with E-state index in [1.165, 1.54) is 19.1 Å². The van der Waals surface area contributed by atoms with Crippen LogP contribution in [-0.4, -0.2) is 19.3 Å². The van der Waals surface area contributed by atoms with Crippen molar-refractivity contribution in [1.82, 2.24) is 0 Å². The lowest BCUT2D eigenvalue weighted by Gasteiger charge is -2.31. The molecule has 7 heteroatoms. The maximum Gasteiger partial charge on any atom is 0.261 e. The smallest absolute Gasteiger partial charge is 0.261 e. The summed E-state index contributed by atoms with van der Waals surface area (Å²) in [4.78, 5) is 11.8. The number of aryl methyl sites for hydroxylation is 2. The Hall–Kier alpha value is -3.16. The van der Waals surface area contributed by atoms with Gasteiger partial charge in [-0.3, -0.25) is 9.52 Å². The van der Waals surface area contributed by atoms with Gasteiger partial charge in [-0.2, -0.15) is 0 Å². The van der Waals surface area contributed by atoms with Crippen molar-refractivity contribution in [2.24, 2.45) is 0 Å². The Morgan fingerprint density at radius 2 is 1.81 bits per heavy atom. The van der Waals surface area contributed by atoms with E-state index in [1.54, 1.807) is 24.3 Å². The summed E-state index contributed by atoms with van der Waals surface area (Å²) >= 11 is 0. The van der Waals surface area contributed by atoms with E-state index in [1.807, 2.05) is 38.1 Å². The number of fused-ring (bicyclic) bond motifs is 1. The first kappa shape index (κ1) is 22.0. The van der Waals surface area contributed by atoms with E-state index in [9.17, 15) is 18.3 Å². The van der Waals surface area contributed by atoms with Gasteiger partial charge in [-0.1, -0.05) is 24.3 Å². The number of rotatable bonds is 5. The van der Waals surface area contributed by atoms with Gasteiger partial charge in [0.25, 0.3) is 10.0 Å². The van der Waals surface area contributed by atoms with Gasteiger partial charge in [0, 0.05) is 28.9 Å². The fraction of sp³-hybridized carbons (Fsp3) is 0.240. The number of carbonyl (C=O) groups excluding carboxylic acids is 1. The monoisotopic (exact) mass is 450 g/mol. The van der Waals surface area contributed by atoms with Crippen LogP contribution in [0.5, 0.6) is 0 Å². The number of carbonyl (C=O) groups is 1. The molecule has 1 heterocycles. The third-order valence-electron chi connectivity index (χ3n) is 5.94. The second-order valence-corrected chi connectivity index (χ2v) is 9.97. The molecule has 0 amide bonds. The predicted molar refractivity (Wildman–Crippen MR) is 126 cm³/mol. The Kier molecular flexibility index (Phi) is 5.79. The Morgan fingerprint density at radius 3 is 2.53 bits per heavy atom. The van der Waals surface area contributed by atoms with Crippen LogP contribution >= 0.6 is 0 Å². The quantitative estimate of drug-likeness (QED) is 0.481. The first-order valence-corrected chi connectivity index (χ1v) is 11.9. The molecule has 1 unspecified atom stereocenters. The number of hydrogen-bond acceptors (Lipinski definition) is 5. The van der Waals surface area contributed by atoms with Crippen molar-refractivity contribution in [3.05, 3.63) is 88.5 Å². The number of benzene rings is 3. The molecule has 1 aliphatic heterocycles. The number of nitrogens with one attached hydrogen (secondary N) is 2. The van der Waals surface area contributed by atoms with Crippen LogP contribution in [-0.2, 0) is 10.0 Å². The number of anilines is 2. The number of Topliss-reactive ketones (excluding diaryl/α,β-unsaturated/α-hetero) is 1. The molecule has 3 N–H and O–H groups in total. The van der Waals surface area contributed by atoms with Gasteiger partial charge in [0.05, 0.1) is 17.0 Å². The van der Waals surface area contributed by atoms with Crippen LogP contribution in [0.1, 0.15) is 58.1 Å². The zero-order valence-corrected chi connectivity index (χ0v) is 19.0. The van der Waals surface area contributed by atoms with Crippen molar-refractivity contribution in [3.8, 4) is 0 Å². The summed E-state index contributed by atoms with van der Waals surface area (Å²) in [7, 11) is -3.81. The predicted octanol–water partition coefficient (Wildman–Crippen LogP) is 4.90. The molecular formula is C25H26N2O4S. The lowest BCUT2D eigenvalue weighted by molar-refractivity contribution is 0.101. The summed E-state index contributed by atoms with van der Waals surface area (Å²) in [6, 6.07) is 17.2. The average Bonchev–Trinajstić information content (AvgIpc) is 2.76. The van der Waals surface area contributed by atoms with Gasteiger partial charge in [-0.05, 0) is 73.9 Å². The maximum atomic E-state index is 12.9. The highest BCUT2D eigenvalue weighted by Crippen LogP contribution is 2.40. The molecule has 0 bridgehead atoms. The van der Waals surface area contributed by atoms with E-state index in [2.05, 4.69) is 10.0 Å². The molecule has 0 radical (unpaired) electrons. The summed E-state index contributed by atoms with van der Waals surface area (Å²) in [6.45, 7) is 5.41. The zero-order valence-electron chi connectivity index (χ0n) is 18.2. The lowest BCUT2D eigenvalue weighted by atomic mass is 9.90. The van der Waals surface area contributed by atoms with Gasteiger partial charge in [-0.15, -0.1) is 0 Å². The molecule has 2 atom stereocenters. The lowest BCUT2D eigenvalue weighted by Crippen LogP contribution is -2.22. The molecule has 1 aliphatic rings. The summed E-state index contributed by atoms with van der Waals surface area (Å²) in [6.07, 6.45) is -0.475. The van der Waals surface area contributed by atoms with Crippen LogP contribution in [0.25, 0.3) is 0 Å². The summed E-state index contributed by atoms with van der Waals surface area (Å²) < 4.78 is 28.5. The molecule has 166 valence electrons. The van der Waals surface area contributed by atoms with Crippen LogP contribution in [0, 0.1) is 13.8 Å². The van der Waals surface area contributed by atoms with E-state index < -0.39 is 16.1 Å². The Balaban J connectivity index is 1.60. The molecule has 3 aromatic rings. The molecule has 0 saturated carbocycles. The topological polar surface area (TPSA) is 95.5 Å². The van der Waals surface area contributed by atoms with Gasteiger partial charge >= 0.3 is 0 Å². The minimum atomic E-state index is -3.81. The number of ketones is 1. The highest BCUT2D eigenvalue weighted by molar-refractivity contribution is 7.92. The standard InChI is InChI=1S/C25H26N2O4S/c1-15-7-8-20(11-16(15)2)27-32(30,31)21-9-10-23-22(13-21)25(29)14-24(26-23)19-6-4-5-18(12-19)17(3)28/h4-13,24-27,29H,14H2,1-3H3/t24?,25-/m0/s1. The fourth-order valence-corrected chi connectivity index (χ4v) is 5.01. The van der Waals surface area contributed by atoms with Crippen molar-refractivity contribution in [1.29, 1.82) is 0 Å². The fourth-order valence-electron chi connectivity index (χ4n) is 3.92. The third kappa shape index (κ3) is 4.40. The highest BCUT2D eigenvalue weighted by Gasteiger charge is 2.28. The van der Waals surface area contributed by atoms with Crippen molar-refractivity contribution >= 4 is 27.2 Å². The normalized spacial score (nSPS) is 17.9. The van der Waals surface area contributed by atoms with Gasteiger partial charge in [0.1, 0.15) is 0 Å². The van der Waals surface area contributed by atoms with Gasteiger partial charge in [0.2, 0.25) is 0 Å². The van der Waals surface area contributed by atoms with Crippen molar-refractivity contribution in [3.63, 3.8) is 0 Å². The molecule has 0 aliphatic carbocycles. The summed E-state index contributed by atoms with van der Waals surface area (Å²) in [5, 5.41) is 14.2. The molecule has 32 heavy (non-hydrogen) atoms. The highest BCUT2D eigenvalue weighted by atomic mass is 32.2. The first-order valence-electron chi connectivity index (χ1n) is 10.4. The molecule has 0 saturated heterocycles. The van der Waals surface area contributed by atoms with E-state index in [0.29, 0.717) is 28.9 Å². The summed E-state index contributed by atoms with van der Waals surface area (Å²) in [5.41, 5.74) is 5.29. The minimum Gasteiger partial charge on any atom is -0.388 e. The minimum absolute atomic E-state index is 0.0188. The second kappa shape index (κ2) is 8.41. The van der Waals surface area contributed by atoms with Crippen LogP contribution < -0.4 is 10.0 Å². The van der Waals surface area contributed by atoms with Crippen molar-refractivity contribution in [2.45, 2.75) is 44.2 Å². The van der Waals surface area contributed by atoms with Crippen LogP contribution in [0.15, 0.2) is 65.6 Å². The van der Waals surface area contributed by atoms with E-state index in [0.717, 1.165) is 16.7 Å². The molecule has 3 aromatic carbocycles. The largest absolute Gasteiger partial charge is 0.388 e. The number of sulfonamides is 1. The Morgan fingerprint density at radius 1 is 1.03 bits per heavy atom. The van der Waals surface area contributed by atoms with E-state index in [4.69, 9.17) is 0 Å². The van der Waals surface area contributed by atoms with E-state index in [-0.39, 0.29) is 16.7 Å². The first-order chi connectivity index (χ1) is 15.1. The molecule has 0 fully saturated rings. The summed E-state index contributed by atoms with van der Waals surface area (Å²) in [5.74, 6) is -0.0188. The van der Waals surface area contributed by atoms with Crippen molar-refractivity contribution in [2.75, 3.05) is 10.0 Å². The molecule has 4 rings (SSSR count).